The average molecular weight is 407 g/mol. The summed E-state index contributed by atoms with van der Waals surface area (Å²) in [5.41, 5.74) is 0.637. The second-order valence-electron chi connectivity index (χ2n) is 6.98. The largest absolute Gasteiger partial charge is 0.342 e. The van der Waals surface area contributed by atoms with Gasteiger partial charge < -0.3 is 10.2 Å². The first-order valence-corrected chi connectivity index (χ1v) is 10.2. The van der Waals surface area contributed by atoms with E-state index < -0.39 is 11.6 Å². The molecule has 1 atom stereocenters. The van der Waals surface area contributed by atoms with E-state index in [9.17, 15) is 18.4 Å². The van der Waals surface area contributed by atoms with E-state index in [1.807, 2.05) is 6.92 Å². The monoisotopic (exact) mass is 407 g/mol. The summed E-state index contributed by atoms with van der Waals surface area (Å²) >= 11 is 1.31. The van der Waals surface area contributed by atoms with E-state index in [0.29, 0.717) is 36.6 Å². The molecule has 1 aliphatic rings. The predicted octanol–water partition coefficient (Wildman–Crippen LogP) is 3.99. The van der Waals surface area contributed by atoms with Crippen LogP contribution in [0.2, 0.25) is 0 Å². The van der Waals surface area contributed by atoms with Crippen LogP contribution in [-0.4, -0.2) is 34.8 Å². The summed E-state index contributed by atoms with van der Waals surface area (Å²) in [5.74, 6) is -2.03. The Morgan fingerprint density at radius 3 is 2.89 bits per heavy atom. The Bertz CT molecular complexity index is 856. The Morgan fingerprint density at radius 1 is 1.32 bits per heavy atom. The van der Waals surface area contributed by atoms with Crippen LogP contribution in [0.3, 0.4) is 0 Å². The van der Waals surface area contributed by atoms with Gasteiger partial charge in [-0.05, 0) is 37.0 Å². The number of likely N-dealkylation sites (tertiary alicyclic amines) is 1. The molecule has 150 valence electrons. The lowest BCUT2D eigenvalue weighted by atomic mass is 9.97. The van der Waals surface area contributed by atoms with Crippen LogP contribution in [0.4, 0.5) is 13.9 Å². The standard InChI is InChI=1S/C20H23F2N3O2S/c1-2-4-18(26)25-8-3-5-14(12-25)19(27)24-20-23-11-15(28-20)9-13-6-7-16(21)17(22)10-13/h6-7,10-11,14H,2-5,8-9,12H2,1H3,(H,23,24,27). The zero-order valence-electron chi connectivity index (χ0n) is 15.7. The minimum atomic E-state index is -0.880. The van der Waals surface area contributed by atoms with Crippen LogP contribution in [0, 0.1) is 17.6 Å². The summed E-state index contributed by atoms with van der Waals surface area (Å²) in [7, 11) is 0. The fourth-order valence-corrected chi connectivity index (χ4v) is 4.14. The van der Waals surface area contributed by atoms with E-state index in [2.05, 4.69) is 10.3 Å². The van der Waals surface area contributed by atoms with Crippen molar-refractivity contribution in [3.63, 3.8) is 0 Å². The summed E-state index contributed by atoms with van der Waals surface area (Å²) in [6.45, 7) is 3.11. The molecule has 1 aliphatic heterocycles. The van der Waals surface area contributed by atoms with E-state index >= 15 is 0 Å². The number of anilines is 1. The van der Waals surface area contributed by atoms with Gasteiger partial charge in [0.2, 0.25) is 11.8 Å². The molecule has 1 saturated heterocycles. The molecule has 3 rings (SSSR count). The van der Waals surface area contributed by atoms with Gasteiger partial charge in [0.05, 0.1) is 5.92 Å². The Kier molecular flexibility index (Phi) is 6.72. The number of piperidine rings is 1. The molecular weight excluding hydrogens is 384 g/mol. The van der Waals surface area contributed by atoms with Crippen LogP contribution in [0.5, 0.6) is 0 Å². The molecule has 1 fully saturated rings. The molecule has 0 radical (unpaired) electrons. The first-order chi connectivity index (χ1) is 13.5. The van der Waals surface area contributed by atoms with Crippen molar-refractivity contribution in [2.75, 3.05) is 18.4 Å². The molecule has 5 nitrogen and oxygen atoms in total. The van der Waals surface area contributed by atoms with Crippen LogP contribution in [0.1, 0.15) is 43.0 Å². The van der Waals surface area contributed by atoms with Gasteiger partial charge in [-0.2, -0.15) is 0 Å². The Labute approximate surface area is 166 Å². The maximum Gasteiger partial charge on any atom is 0.231 e. The second kappa shape index (κ2) is 9.23. The zero-order chi connectivity index (χ0) is 20.1. The number of aromatic nitrogens is 1. The lowest BCUT2D eigenvalue weighted by Crippen LogP contribution is -2.43. The number of halogens is 2. The van der Waals surface area contributed by atoms with Crippen molar-refractivity contribution in [3.05, 3.63) is 46.5 Å². The van der Waals surface area contributed by atoms with Crippen molar-refractivity contribution in [3.8, 4) is 0 Å². The topological polar surface area (TPSA) is 62.3 Å². The average Bonchev–Trinajstić information content (AvgIpc) is 3.12. The number of carbonyl (C=O) groups excluding carboxylic acids is 2. The van der Waals surface area contributed by atoms with Gasteiger partial charge in [0.1, 0.15) is 0 Å². The first-order valence-electron chi connectivity index (χ1n) is 9.43. The Balaban J connectivity index is 1.57. The fourth-order valence-electron chi connectivity index (χ4n) is 3.29. The molecule has 0 spiro atoms. The van der Waals surface area contributed by atoms with Crippen LogP contribution in [0.15, 0.2) is 24.4 Å². The Morgan fingerprint density at radius 2 is 2.14 bits per heavy atom. The van der Waals surface area contributed by atoms with Crippen molar-refractivity contribution in [1.29, 1.82) is 0 Å². The van der Waals surface area contributed by atoms with Crippen LogP contribution in [-0.2, 0) is 16.0 Å². The molecule has 0 aliphatic carbocycles. The van der Waals surface area contributed by atoms with Gasteiger partial charge in [-0.15, -0.1) is 11.3 Å². The molecule has 8 heteroatoms. The van der Waals surface area contributed by atoms with E-state index in [1.54, 1.807) is 11.1 Å². The van der Waals surface area contributed by atoms with Gasteiger partial charge in [0, 0.05) is 37.0 Å². The number of hydrogen-bond donors (Lipinski definition) is 1. The summed E-state index contributed by atoms with van der Waals surface area (Å²) in [4.78, 5) is 31.5. The van der Waals surface area contributed by atoms with E-state index in [1.165, 1.54) is 17.4 Å². The quantitative estimate of drug-likeness (QED) is 0.788. The van der Waals surface area contributed by atoms with Crippen molar-refractivity contribution < 1.29 is 18.4 Å². The van der Waals surface area contributed by atoms with Gasteiger partial charge in [-0.25, -0.2) is 13.8 Å². The third-order valence-electron chi connectivity index (χ3n) is 4.75. The highest BCUT2D eigenvalue weighted by Gasteiger charge is 2.28. The van der Waals surface area contributed by atoms with Crippen LogP contribution >= 0.6 is 11.3 Å². The number of hydrogen-bond acceptors (Lipinski definition) is 4. The highest BCUT2D eigenvalue weighted by atomic mass is 32.1. The van der Waals surface area contributed by atoms with Gasteiger partial charge in [0.25, 0.3) is 0 Å². The molecule has 1 aromatic carbocycles. The lowest BCUT2D eigenvalue weighted by Gasteiger charge is -2.31. The number of thiazole rings is 1. The lowest BCUT2D eigenvalue weighted by molar-refractivity contribution is -0.134. The SMILES string of the molecule is CCCC(=O)N1CCCC(C(=O)Nc2ncc(Cc3ccc(F)c(F)c3)s2)C1. The molecule has 1 unspecified atom stereocenters. The highest BCUT2D eigenvalue weighted by Crippen LogP contribution is 2.24. The number of nitrogens with zero attached hydrogens (tertiary/aromatic N) is 2. The van der Waals surface area contributed by atoms with E-state index in [4.69, 9.17) is 0 Å². The summed E-state index contributed by atoms with van der Waals surface area (Å²) < 4.78 is 26.4. The van der Waals surface area contributed by atoms with Crippen molar-refractivity contribution in [2.24, 2.45) is 5.92 Å². The normalized spacial score (nSPS) is 16.8. The van der Waals surface area contributed by atoms with Crippen LogP contribution < -0.4 is 5.32 Å². The molecule has 1 aromatic heterocycles. The maximum atomic E-state index is 13.3. The molecule has 0 bridgehead atoms. The van der Waals surface area contributed by atoms with Crippen molar-refractivity contribution in [2.45, 2.75) is 39.0 Å². The molecule has 2 aromatic rings. The summed E-state index contributed by atoms with van der Waals surface area (Å²) in [5, 5.41) is 3.30. The molecule has 28 heavy (non-hydrogen) atoms. The van der Waals surface area contributed by atoms with E-state index in [-0.39, 0.29) is 17.7 Å². The molecule has 2 amide bonds. The molecule has 1 N–H and O–H groups in total. The smallest absolute Gasteiger partial charge is 0.231 e. The van der Waals surface area contributed by atoms with Crippen LogP contribution in [0.25, 0.3) is 0 Å². The van der Waals surface area contributed by atoms with Crippen molar-refractivity contribution in [1.82, 2.24) is 9.88 Å². The van der Waals surface area contributed by atoms with Gasteiger partial charge in [0.15, 0.2) is 16.8 Å². The van der Waals surface area contributed by atoms with E-state index in [0.717, 1.165) is 36.3 Å². The number of carbonyl (C=O) groups is 2. The molecule has 0 saturated carbocycles. The summed E-state index contributed by atoms with van der Waals surface area (Å²) in [6.07, 6.45) is 4.90. The minimum absolute atomic E-state index is 0.100. The number of benzene rings is 1. The summed E-state index contributed by atoms with van der Waals surface area (Å²) in [6, 6.07) is 3.79. The Hall–Kier alpha value is -2.35. The van der Waals surface area contributed by atoms with Crippen molar-refractivity contribution >= 4 is 28.3 Å². The zero-order valence-corrected chi connectivity index (χ0v) is 16.5. The minimum Gasteiger partial charge on any atom is -0.342 e. The highest BCUT2D eigenvalue weighted by molar-refractivity contribution is 7.15. The fraction of sp³-hybridized carbons (Fsp3) is 0.450. The predicted molar refractivity (Wildman–Crippen MR) is 104 cm³/mol. The van der Waals surface area contributed by atoms with Gasteiger partial charge in [-0.3, -0.25) is 9.59 Å². The third-order valence-corrected chi connectivity index (χ3v) is 5.67. The number of nitrogens with one attached hydrogen (secondary N) is 1. The number of amides is 2. The third kappa shape index (κ3) is 5.13. The van der Waals surface area contributed by atoms with Gasteiger partial charge >= 0.3 is 0 Å². The maximum absolute atomic E-state index is 13.3. The first kappa shape index (κ1) is 20.4. The van der Waals surface area contributed by atoms with Gasteiger partial charge in [-0.1, -0.05) is 13.0 Å². The number of rotatable bonds is 6. The second-order valence-corrected chi connectivity index (χ2v) is 8.09. The molecular formula is C20H23F2N3O2S. The molecule has 2 heterocycles.